The molecule has 0 spiro atoms. The monoisotopic (exact) mass is 677 g/mol. The van der Waals surface area contributed by atoms with Crippen LogP contribution in [-0.4, -0.2) is 98.3 Å². The van der Waals surface area contributed by atoms with Gasteiger partial charge in [0.05, 0.1) is 24.2 Å². The van der Waals surface area contributed by atoms with Crippen LogP contribution >= 0.6 is 0 Å². The van der Waals surface area contributed by atoms with E-state index < -0.39 is 11.6 Å². The molecule has 0 aromatic heterocycles. The molecule has 1 N–H and O–H groups in total. The second-order valence-electron chi connectivity index (χ2n) is 11.5. The quantitative estimate of drug-likeness (QED) is 0.0566. The number of hydroxylamine groups is 2. The summed E-state index contributed by atoms with van der Waals surface area (Å²) < 4.78 is 12.0. The number of carbonyl (C=O) groups excluding carboxylic acids is 6. The second kappa shape index (κ2) is 26.1. The lowest BCUT2D eigenvalue weighted by Crippen LogP contribution is -2.38. The molecular weight excluding hydrogens is 618 g/mol. The fourth-order valence-electron chi connectivity index (χ4n) is 4.07. The van der Waals surface area contributed by atoms with E-state index in [1.165, 1.54) is 18.0 Å². The maximum atomic E-state index is 12.7. The van der Waals surface area contributed by atoms with Crippen LogP contribution in [0, 0.1) is 5.92 Å². The number of likely N-dealkylation sites (N-methyl/N-ethyl adjacent to an activating group) is 1. The van der Waals surface area contributed by atoms with Crippen molar-refractivity contribution in [1.29, 1.82) is 0 Å². The summed E-state index contributed by atoms with van der Waals surface area (Å²) in [5.74, 6) is -1.99. The Hall–Kier alpha value is -3.90. The summed E-state index contributed by atoms with van der Waals surface area (Å²) in [6.07, 6.45) is 13.7. The third-order valence-corrected chi connectivity index (χ3v) is 7.97. The summed E-state index contributed by atoms with van der Waals surface area (Å²) in [5.41, 5.74) is -0.396. The van der Waals surface area contributed by atoms with Crippen LogP contribution in [0.2, 0.25) is 0 Å². The second-order valence-corrected chi connectivity index (χ2v) is 11.5. The molecule has 3 unspecified atom stereocenters. The van der Waals surface area contributed by atoms with Crippen molar-refractivity contribution in [3.05, 3.63) is 48.6 Å². The van der Waals surface area contributed by atoms with Crippen LogP contribution in [0.1, 0.15) is 86.5 Å². The number of nitrogens with one attached hydrogen (secondary N) is 1. The molecule has 0 saturated carbocycles. The number of ether oxygens (including phenoxy) is 2. The predicted octanol–water partition coefficient (Wildman–Crippen LogP) is 4.69. The van der Waals surface area contributed by atoms with E-state index in [0.717, 1.165) is 42.8 Å². The van der Waals surface area contributed by atoms with Crippen LogP contribution in [0.5, 0.6) is 0 Å². The van der Waals surface area contributed by atoms with E-state index in [2.05, 4.69) is 32.7 Å². The van der Waals surface area contributed by atoms with Gasteiger partial charge in [0.1, 0.15) is 12.6 Å². The average molecular weight is 678 g/mol. The van der Waals surface area contributed by atoms with Crippen molar-refractivity contribution in [3.63, 3.8) is 0 Å². The lowest BCUT2D eigenvalue weighted by molar-refractivity contribution is -0.188. The van der Waals surface area contributed by atoms with Gasteiger partial charge in [0.2, 0.25) is 11.8 Å². The third-order valence-electron chi connectivity index (χ3n) is 7.97. The van der Waals surface area contributed by atoms with Gasteiger partial charge in [-0.05, 0) is 51.2 Å². The summed E-state index contributed by atoms with van der Waals surface area (Å²) in [4.78, 5) is 75.0. The Morgan fingerprint density at radius 1 is 1.00 bits per heavy atom. The minimum absolute atomic E-state index is 0.0594. The largest absolute Gasteiger partial charge is 0.378 e. The molecule has 12 heteroatoms. The number of hydrogen-bond acceptors (Lipinski definition) is 9. The fraction of sp³-hybridized carbons (Fsp3) is 0.611. The molecule has 0 radical (unpaired) electrons. The Kier molecular flexibility index (Phi) is 25.1. The number of rotatable bonds is 22. The van der Waals surface area contributed by atoms with Crippen molar-refractivity contribution in [2.24, 2.45) is 5.92 Å². The van der Waals surface area contributed by atoms with Gasteiger partial charge in [-0.25, -0.2) is 4.79 Å². The van der Waals surface area contributed by atoms with Crippen LogP contribution in [0.3, 0.4) is 0 Å². The molecule has 0 aromatic carbocycles. The topological polar surface area (TPSA) is 149 Å². The highest BCUT2D eigenvalue weighted by molar-refractivity contribution is 5.91. The van der Waals surface area contributed by atoms with Crippen LogP contribution in [0.25, 0.3) is 0 Å². The molecule has 0 rings (SSSR count). The van der Waals surface area contributed by atoms with Gasteiger partial charge in [-0.15, -0.1) is 6.58 Å². The van der Waals surface area contributed by atoms with E-state index in [0.29, 0.717) is 31.3 Å². The summed E-state index contributed by atoms with van der Waals surface area (Å²) in [5, 5.41) is 3.58. The van der Waals surface area contributed by atoms with E-state index in [1.807, 2.05) is 26.0 Å². The van der Waals surface area contributed by atoms with Crippen molar-refractivity contribution >= 4 is 36.3 Å². The highest BCUT2D eigenvalue weighted by Gasteiger charge is 2.32. The molecule has 0 fully saturated rings. The predicted molar refractivity (Wildman–Crippen MR) is 186 cm³/mol. The summed E-state index contributed by atoms with van der Waals surface area (Å²) >= 11 is 0. The number of amides is 3. The molecule has 0 aromatic rings. The first kappa shape index (κ1) is 46.2. The summed E-state index contributed by atoms with van der Waals surface area (Å²) in [7, 11) is 4.60. The molecule has 0 heterocycles. The van der Waals surface area contributed by atoms with Crippen molar-refractivity contribution in [3.8, 4) is 0 Å². The Balaban J connectivity index is 0. The van der Waals surface area contributed by atoms with Crippen LogP contribution in [0.15, 0.2) is 48.6 Å². The number of methoxy groups -OCH3 is 1. The maximum absolute atomic E-state index is 12.7. The molecule has 0 aliphatic carbocycles. The van der Waals surface area contributed by atoms with E-state index in [9.17, 15) is 28.8 Å². The molecule has 12 nitrogen and oxygen atoms in total. The molecule has 0 bridgehead atoms. The zero-order valence-electron chi connectivity index (χ0n) is 30.5. The Labute approximate surface area is 287 Å². The molecular formula is C36H59N3O9. The van der Waals surface area contributed by atoms with Crippen molar-refractivity contribution in [2.45, 2.75) is 97.7 Å². The fourth-order valence-corrected chi connectivity index (χ4v) is 4.07. The minimum atomic E-state index is -0.798. The van der Waals surface area contributed by atoms with E-state index >= 15 is 0 Å². The zero-order valence-corrected chi connectivity index (χ0v) is 30.5. The van der Waals surface area contributed by atoms with Gasteiger partial charge in [0, 0.05) is 65.2 Å². The molecule has 3 amide bonds. The number of nitrogens with zero attached hydrogens (tertiary/aromatic N) is 2. The SMILES string of the molecule is C=CC(C/C=C/C(=C/C(=O)ON(C)C(=O)CC)CC(=O)NCCN(C)C(=O)/C=C\C=O)C(C)(CC)OCCC(C)(CC)OC.CCC=O. The van der Waals surface area contributed by atoms with Crippen molar-refractivity contribution in [2.75, 3.05) is 40.9 Å². The minimum Gasteiger partial charge on any atom is -0.378 e. The van der Waals surface area contributed by atoms with Gasteiger partial charge in [-0.2, -0.15) is 5.06 Å². The maximum Gasteiger partial charge on any atom is 0.356 e. The Bertz CT molecular complexity index is 1110. The van der Waals surface area contributed by atoms with Gasteiger partial charge >= 0.3 is 5.97 Å². The van der Waals surface area contributed by atoms with Crippen molar-refractivity contribution in [1.82, 2.24) is 15.3 Å². The number of allylic oxidation sites excluding steroid dienone is 3. The van der Waals surface area contributed by atoms with E-state index in [1.54, 1.807) is 27.2 Å². The molecule has 0 aliphatic heterocycles. The molecule has 3 atom stereocenters. The van der Waals surface area contributed by atoms with Crippen LogP contribution in [-0.2, 0) is 43.1 Å². The molecule has 0 saturated heterocycles. The Morgan fingerprint density at radius 2 is 1.65 bits per heavy atom. The average Bonchev–Trinajstić information content (AvgIpc) is 3.07. The molecule has 0 aliphatic rings. The lowest BCUT2D eigenvalue weighted by atomic mass is 9.83. The number of aldehydes is 2. The lowest BCUT2D eigenvalue weighted by Gasteiger charge is -2.36. The normalized spacial score (nSPS) is 14.5. The van der Waals surface area contributed by atoms with Gasteiger partial charge in [0.25, 0.3) is 5.91 Å². The molecule has 48 heavy (non-hydrogen) atoms. The summed E-state index contributed by atoms with van der Waals surface area (Å²) in [6.45, 7) is 16.6. The number of hydrogen-bond donors (Lipinski definition) is 1. The summed E-state index contributed by atoms with van der Waals surface area (Å²) in [6, 6.07) is 0. The standard InChI is InChI=1S/C33H53N3O8.C3H6O/c1-10-27(33(6,13-4)43-23-19-32(5,12-3)42-9)17-14-16-26(25-31(41)44-36(8)29(39)11-2)24-28(38)34-20-21-35(7)30(40)18-15-22-37;1-2-3-4/h10,14-16,18,22,25,27H,1,11-13,17,19-21,23-24H2,2-9H3,(H,34,38);3H,2H2,1H3/b16-14+,18-15-,26-25-;. The van der Waals surface area contributed by atoms with Crippen LogP contribution in [0.4, 0.5) is 0 Å². The highest BCUT2D eigenvalue weighted by atomic mass is 16.7. The molecule has 272 valence electrons. The van der Waals surface area contributed by atoms with Gasteiger partial charge < -0.3 is 29.3 Å². The van der Waals surface area contributed by atoms with E-state index in [4.69, 9.17) is 14.3 Å². The van der Waals surface area contributed by atoms with Crippen molar-refractivity contribution < 1.29 is 43.1 Å². The van der Waals surface area contributed by atoms with Crippen LogP contribution < -0.4 is 5.32 Å². The highest BCUT2D eigenvalue weighted by Crippen LogP contribution is 2.31. The first-order valence-electron chi connectivity index (χ1n) is 16.4. The van der Waals surface area contributed by atoms with Gasteiger partial charge in [-0.1, -0.05) is 45.9 Å². The van der Waals surface area contributed by atoms with Gasteiger partial charge in [-0.3, -0.25) is 19.2 Å². The number of carbonyl (C=O) groups is 6. The smallest absolute Gasteiger partial charge is 0.356 e. The van der Waals surface area contributed by atoms with Gasteiger partial charge in [0.15, 0.2) is 0 Å². The third kappa shape index (κ3) is 19.7. The Morgan fingerprint density at radius 3 is 2.15 bits per heavy atom. The first-order valence-corrected chi connectivity index (χ1v) is 16.4. The first-order chi connectivity index (χ1) is 22.7. The van der Waals surface area contributed by atoms with E-state index in [-0.39, 0.29) is 55.2 Å². The zero-order chi connectivity index (χ0) is 37.2.